The van der Waals surface area contributed by atoms with Gasteiger partial charge >= 0.3 is 0 Å². The normalized spacial score (nSPS) is 20.3. The molecule has 1 fully saturated rings. The first-order valence-electron chi connectivity index (χ1n) is 10.6. The van der Waals surface area contributed by atoms with Crippen LogP contribution in [0.3, 0.4) is 0 Å². The third-order valence-electron chi connectivity index (χ3n) is 5.85. The zero-order valence-electron chi connectivity index (χ0n) is 19.0. The van der Waals surface area contributed by atoms with Crippen LogP contribution < -0.4 is 5.14 Å². The molecular weight excluding hydrogens is 365 g/mol. The highest BCUT2D eigenvalue weighted by atomic mass is 32.3. The fourth-order valence-corrected chi connectivity index (χ4v) is 5.39. The molecule has 0 heterocycles. The number of benzene rings is 1. The van der Waals surface area contributed by atoms with Crippen LogP contribution in [0.15, 0.2) is 23.1 Å². The molecule has 28 heavy (non-hydrogen) atoms. The van der Waals surface area contributed by atoms with Crippen molar-refractivity contribution < 1.29 is 4.39 Å². The number of alkyl halides is 1. The fraction of sp³-hybridized carbons (Fsp3) is 0.600. The van der Waals surface area contributed by atoms with Crippen LogP contribution >= 0.6 is 10.2 Å². The van der Waals surface area contributed by atoms with Crippen molar-refractivity contribution in [3.8, 4) is 0 Å². The fourth-order valence-electron chi connectivity index (χ4n) is 3.80. The molecule has 3 heteroatoms. The summed E-state index contributed by atoms with van der Waals surface area (Å²) in [5, 5.41) is 6.69. The molecule has 2 N–H and O–H groups in total. The van der Waals surface area contributed by atoms with E-state index in [-0.39, 0.29) is 0 Å². The summed E-state index contributed by atoms with van der Waals surface area (Å²) in [7, 11) is -1.26. The van der Waals surface area contributed by atoms with Crippen LogP contribution in [0.5, 0.6) is 0 Å². The topological polar surface area (TPSA) is 26.0 Å². The SMILES string of the molecule is C=Cc1cc2c(c(S(C)(C)N)c1/C=C(\C)C1CC1)CC(C)C2.CCC(C)(C)F. The van der Waals surface area contributed by atoms with Crippen molar-refractivity contribution in [3.05, 3.63) is 40.5 Å². The number of nitrogens with two attached hydrogens (primary N) is 1. The van der Waals surface area contributed by atoms with Crippen molar-refractivity contribution >= 4 is 22.4 Å². The summed E-state index contributed by atoms with van der Waals surface area (Å²) in [4.78, 5) is 1.43. The highest BCUT2D eigenvalue weighted by Gasteiger charge is 2.29. The summed E-state index contributed by atoms with van der Waals surface area (Å²) in [6.07, 6.45) is 14.5. The molecule has 0 radical (unpaired) electrons. The Morgan fingerprint density at radius 1 is 1.32 bits per heavy atom. The van der Waals surface area contributed by atoms with Crippen LogP contribution in [0.25, 0.3) is 12.2 Å². The van der Waals surface area contributed by atoms with Crippen molar-refractivity contribution in [2.24, 2.45) is 17.0 Å². The number of hydrogen-bond acceptors (Lipinski definition) is 1. The molecule has 0 bridgehead atoms. The van der Waals surface area contributed by atoms with Gasteiger partial charge in [0.2, 0.25) is 0 Å². The van der Waals surface area contributed by atoms with Gasteiger partial charge < -0.3 is 0 Å². The van der Waals surface area contributed by atoms with Crippen molar-refractivity contribution in [3.63, 3.8) is 0 Å². The highest BCUT2D eigenvalue weighted by molar-refractivity contribution is 8.31. The van der Waals surface area contributed by atoms with Crippen molar-refractivity contribution in [2.45, 2.75) is 77.3 Å². The third-order valence-corrected chi connectivity index (χ3v) is 7.37. The monoisotopic (exact) mass is 405 g/mol. The summed E-state index contributed by atoms with van der Waals surface area (Å²) < 4.78 is 12.1. The van der Waals surface area contributed by atoms with Gasteiger partial charge in [0.1, 0.15) is 5.67 Å². The molecular formula is C25H40FNS. The lowest BCUT2D eigenvalue weighted by molar-refractivity contribution is 0.210. The zero-order valence-corrected chi connectivity index (χ0v) is 19.8. The van der Waals surface area contributed by atoms with E-state index >= 15 is 0 Å². The molecule has 1 saturated carbocycles. The first-order chi connectivity index (χ1) is 12.9. The Balaban J connectivity index is 0.000000409. The predicted octanol–water partition coefficient (Wildman–Crippen LogP) is 7.32. The molecule has 2 aliphatic carbocycles. The maximum Gasteiger partial charge on any atom is 0.105 e. The van der Waals surface area contributed by atoms with Crippen molar-refractivity contribution in [2.75, 3.05) is 12.5 Å². The average Bonchev–Trinajstić information content (AvgIpc) is 3.35. The van der Waals surface area contributed by atoms with Gasteiger partial charge in [-0.1, -0.05) is 44.2 Å². The molecule has 1 nitrogen and oxygen atoms in total. The van der Waals surface area contributed by atoms with Gasteiger partial charge in [-0.05, 0) is 99.5 Å². The lowest BCUT2D eigenvalue weighted by atomic mass is 9.97. The Labute approximate surface area is 174 Å². The van der Waals surface area contributed by atoms with Crippen molar-refractivity contribution in [1.29, 1.82) is 0 Å². The third kappa shape index (κ3) is 5.97. The lowest BCUT2D eigenvalue weighted by Gasteiger charge is -2.32. The molecule has 0 spiro atoms. The molecule has 3 rings (SSSR count). The number of fused-ring (bicyclic) bond motifs is 1. The second kappa shape index (κ2) is 8.75. The molecule has 1 aromatic rings. The quantitative estimate of drug-likeness (QED) is 0.545. The smallest absolute Gasteiger partial charge is 0.105 e. The van der Waals surface area contributed by atoms with Gasteiger partial charge in [-0.3, -0.25) is 5.14 Å². The van der Waals surface area contributed by atoms with Gasteiger partial charge in [0.25, 0.3) is 0 Å². The van der Waals surface area contributed by atoms with E-state index in [0.29, 0.717) is 6.42 Å². The molecule has 158 valence electrons. The summed E-state index contributed by atoms with van der Waals surface area (Å²) in [5.74, 6) is 1.53. The molecule has 1 aromatic carbocycles. The van der Waals surface area contributed by atoms with Crippen LogP contribution in [0, 0.1) is 11.8 Å². The second-order valence-corrected chi connectivity index (χ2v) is 12.9. The highest BCUT2D eigenvalue weighted by Crippen LogP contribution is 2.51. The standard InChI is InChI=1S/C20H29NS.C5H11F/c1-6-15-12-17-9-13(2)10-18(17)20(22(4,5)21)19(15)11-14(3)16-7-8-16;1-4-5(2,3)6/h6,11-13,16H,1,7-10,21H2,2-5H3;4H2,1-3H3/b14-11+;. The largest absolute Gasteiger partial charge is 0.291 e. The van der Waals surface area contributed by atoms with Gasteiger partial charge in [0.05, 0.1) is 0 Å². The maximum absolute atomic E-state index is 12.1. The maximum atomic E-state index is 12.1. The first kappa shape index (κ1) is 23.2. The number of hydrogen-bond donors (Lipinski definition) is 1. The molecule has 1 atom stereocenters. The minimum atomic E-state index is -1.26. The van der Waals surface area contributed by atoms with Gasteiger partial charge in [-0.15, -0.1) is 0 Å². The minimum Gasteiger partial charge on any atom is -0.291 e. The molecule has 0 aromatic heterocycles. The Bertz CT molecular complexity index is 745. The van der Waals surface area contributed by atoms with Gasteiger partial charge in [0, 0.05) is 4.90 Å². The van der Waals surface area contributed by atoms with E-state index in [1.807, 2.05) is 13.0 Å². The van der Waals surface area contributed by atoms with E-state index in [0.717, 1.165) is 11.8 Å². The van der Waals surface area contributed by atoms with E-state index in [9.17, 15) is 4.39 Å². The predicted molar refractivity (Wildman–Crippen MR) is 127 cm³/mol. The lowest BCUT2D eigenvalue weighted by Crippen LogP contribution is -2.13. The average molecular weight is 406 g/mol. The summed E-state index contributed by atoms with van der Waals surface area (Å²) >= 11 is 0. The molecule has 0 saturated heterocycles. The van der Waals surface area contributed by atoms with Crippen LogP contribution in [0.2, 0.25) is 0 Å². The van der Waals surface area contributed by atoms with Gasteiger partial charge in [0.15, 0.2) is 0 Å². The Morgan fingerprint density at radius 2 is 1.89 bits per heavy atom. The van der Waals surface area contributed by atoms with Crippen LogP contribution in [-0.4, -0.2) is 18.2 Å². The summed E-state index contributed by atoms with van der Waals surface area (Å²) in [5.41, 5.74) is 6.22. The molecule has 0 aliphatic heterocycles. The van der Waals surface area contributed by atoms with Crippen LogP contribution in [0.1, 0.15) is 76.1 Å². The Kier molecular flexibility index (Phi) is 7.26. The van der Waals surface area contributed by atoms with Crippen LogP contribution in [0.4, 0.5) is 4.39 Å². The van der Waals surface area contributed by atoms with Crippen molar-refractivity contribution in [1.82, 2.24) is 0 Å². The Morgan fingerprint density at radius 3 is 2.32 bits per heavy atom. The van der Waals surface area contributed by atoms with E-state index in [4.69, 9.17) is 5.14 Å². The molecule has 1 unspecified atom stereocenters. The summed E-state index contributed by atoms with van der Waals surface area (Å²) in [6, 6.07) is 2.37. The van der Waals surface area contributed by atoms with Crippen LogP contribution in [-0.2, 0) is 12.8 Å². The number of allylic oxidation sites excluding steroid dienone is 1. The minimum absolute atomic E-state index is 0.604. The summed E-state index contributed by atoms with van der Waals surface area (Å²) in [6.45, 7) is 13.7. The first-order valence-corrected chi connectivity index (χ1v) is 13.1. The molecule has 0 amide bonds. The van der Waals surface area contributed by atoms with E-state index in [2.05, 4.69) is 45.1 Å². The second-order valence-electron chi connectivity index (χ2n) is 9.70. The molecule has 2 aliphatic rings. The number of halogens is 1. The van der Waals surface area contributed by atoms with E-state index < -0.39 is 15.9 Å². The van der Waals surface area contributed by atoms with E-state index in [1.165, 1.54) is 58.4 Å². The van der Waals surface area contributed by atoms with E-state index in [1.54, 1.807) is 13.8 Å². The van der Waals surface area contributed by atoms with Gasteiger partial charge in [-0.25, -0.2) is 4.39 Å². The Hall–Kier alpha value is -1.06. The van der Waals surface area contributed by atoms with Gasteiger partial charge in [-0.2, -0.15) is 10.2 Å². The number of rotatable bonds is 5. The zero-order chi connectivity index (χ0) is 21.3.